The van der Waals surface area contributed by atoms with Gasteiger partial charge in [0.15, 0.2) is 0 Å². The number of hydrogen-bond acceptors (Lipinski definition) is 3. The summed E-state index contributed by atoms with van der Waals surface area (Å²) in [6.07, 6.45) is 0.206. The highest BCUT2D eigenvalue weighted by molar-refractivity contribution is 9.10. The summed E-state index contributed by atoms with van der Waals surface area (Å²) in [4.78, 5) is 2.37. The van der Waals surface area contributed by atoms with E-state index in [1.165, 1.54) is 5.56 Å². The van der Waals surface area contributed by atoms with Crippen LogP contribution in [0.5, 0.6) is 0 Å². The molecular weight excluding hydrogens is 280 g/mol. The van der Waals surface area contributed by atoms with E-state index in [1.807, 2.05) is 13.1 Å². The Kier molecular flexibility index (Phi) is 4.56. The molecule has 0 amide bonds. The molecule has 3 nitrogen and oxygen atoms in total. The zero-order valence-corrected chi connectivity index (χ0v) is 11.9. The van der Waals surface area contributed by atoms with E-state index in [0.717, 1.165) is 24.2 Å². The minimum absolute atomic E-state index is 0.206. The Labute approximate surface area is 111 Å². The van der Waals surface area contributed by atoms with Crippen molar-refractivity contribution in [1.29, 1.82) is 0 Å². The van der Waals surface area contributed by atoms with Gasteiger partial charge >= 0.3 is 0 Å². The summed E-state index contributed by atoms with van der Waals surface area (Å²) in [7, 11) is 4.13. The molecule has 0 radical (unpaired) electrons. The Balaban J connectivity index is 2.28. The first-order valence-corrected chi connectivity index (χ1v) is 6.74. The topological polar surface area (TPSA) is 24.5 Å². The lowest BCUT2D eigenvalue weighted by atomic mass is 9.98. The van der Waals surface area contributed by atoms with Gasteiger partial charge in [0.1, 0.15) is 0 Å². The Hall–Kier alpha value is -0.420. The Morgan fingerprint density at radius 2 is 2.24 bits per heavy atom. The SMILES string of the molecule is CNCC1OCCN(C)C1c1ccccc1Br. The van der Waals surface area contributed by atoms with Gasteiger partial charge in [-0.2, -0.15) is 0 Å². The highest BCUT2D eigenvalue weighted by atomic mass is 79.9. The van der Waals surface area contributed by atoms with Crippen molar-refractivity contribution >= 4 is 15.9 Å². The maximum Gasteiger partial charge on any atom is 0.0896 e. The molecule has 4 heteroatoms. The molecule has 94 valence electrons. The second-order valence-corrected chi connectivity index (χ2v) is 5.27. The van der Waals surface area contributed by atoms with Gasteiger partial charge in [0.2, 0.25) is 0 Å². The minimum Gasteiger partial charge on any atom is -0.374 e. The van der Waals surface area contributed by atoms with Gasteiger partial charge in [-0.05, 0) is 25.7 Å². The lowest BCUT2D eigenvalue weighted by Gasteiger charge is -2.39. The molecule has 1 N–H and O–H groups in total. The molecular formula is C13H19BrN2O. The average Bonchev–Trinajstić information content (AvgIpc) is 2.31. The van der Waals surface area contributed by atoms with Crippen molar-refractivity contribution < 1.29 is 4.74 Å². The number of morpholine rings is 1. The molecule has 1 aromatic carbocycles. The molecule has 2 rings (SSSR count). The van der Waals surface area contributed by atoms with Crippen LogP contribution in [-0.4, -0.2) is 44.8 Å². The van der Waals surface area contributed by atoms with Crippen molar-refractivity contribution in [3.05, 3.63) is 34.3 Å². The van der Waals surface area contributed by atoms with E-state index in [1.54, 1.807) is 0 Å². The minimum atomic E-state index is 0.206. The van der Waals surface area contributed by atoms with Crippen LogP contribution in [0.25, 0.3) is 0 Å². The van der Waals surface area contributed by atoms with Gasteiger partial charge in [0, 0.05) is 17.6 Å². The van der Waals surface area contributed by atoms with Gasteiger partial charge in [-0.15, -0.1) is 0 Å². The summed E-state index contributed by atoms with van der Waals surface area (Å²) < 4.78 is 7.04. The van der Waals surface area contributed by atoms with Crippen LogP contribution in [-0.2, 0) is 4.74 Å². The van der Waals surface area contributed by atoms with Gasteiger partial charge in [-0.25, -0.2) is 0 Å². The van der Waals surface area contributed by atoms with Crippen molar-refractivity contribution in [2.75, 3.05) is 33.8 Å². The number of benzene rings is 1. The van der Waals surface area contributed by atoms with Crippen LogP contribution >= 0.6 is 15.9 Å². The molecule has 2 atom stereocenters. The number of rotatable bonds is 3. The molecule has 1 heterocycles. The molecule has 0 aliphatic carbocycles. The third kappa shape index (κ3) is 2.88. The summed E-state index contributed by atoms with van der Waals surface area (Å²) in [5.74, 6) is 0. The van der Waals surface area contributed by atoms with Crippen molar-refractivity contribution in [2.24, 2.45) is 0 Å². The first-order valence-electron chi connectivity index (χ1n) is 5.95. The van der Waals surface area contributed by atoms with E-state index in [4.69, 9.17) is 4.74 Å². The quantitative estimate of drug-likeness (QED) is 0.924. The molecule has 2 unspecified atom stereocenters. The molecule has 1 fully saturated rings. The monoisotopic (exact) mass is 298 g/mol. The van der Waals surface area contributed by atoms with Crippen molar-refractivity contribution in [3.63, 3.8) is 0 Å². The van der Waals surface area contributed by atoms with E-state index >= 15 is 0 Å². The summed E-state index contributed by atoms with van der Waals surface area (Å²) in [6, 6.07) is 8.70. The van der Waals surface area contributed by atoms with Crippen LogP contribution in [0.15, 0.2) is 28.7 Å². The van der Waals surface area contributed by atoms with E-state index in [-0.39, 0.29) is 6.10 Å². The van der Waals surface area contributed by atoms with Crippen LogP contribution in [0.4, 0.5) is 0 Å². The van der Waals surface area contributed by atoms with Crippen LogP contribution < -0.4 is 5.32 Å². The zero-order chi connectivity index (χ0) is 12.3. The highest BCUT2D eigenvalue weighted by Crippen LogP contribution is 2.32. The maximum atomic E-state index is 5.89. The van der Waals surface area contributed by atoms with Crippen LogP contribution in [0.2, 0.25) is 0 Å². The second-order valence-electron chi connectivity index (χ2n) is 4.41. The lowest BCUT2D eigenvalue weighted by Crippen LogP contribution is -2.47. The molecule has 0 bridgehead atoms. The zero-order valence-electron chi connectivity index (χ0n) is 10.3. The molecule has 1 aliphatic heterocycles. The molecule has 1 aromatic rings. The smallest absolute Gasteiger partial charge is 0.0896 e. The maximum absolute atomic E-state index is 5.89. The largest absolute Gasteiger partial charge is 0.374 e. The number of ether oxygens (including phenoxy) is 1. The fourth-order valence-electron chi connectivity index (χ4n) is 2.39. The van der Waals surface area contributed by atoms with Gasteiger partial charge in [0.25, 0.3) is 0 Å². The summed E-state index contributed by atoms with van der Waals surface area (Å²) in [5, 5.41) is 3.21. The second kappa shape index (κ2) is 5.96. The number of hydrogen-bond donors (Lipinski definition) is 1. The normalized spacial score (nSPS) is 26.1. The summed E-state index contributed by atoms with van der Waals surface area (Å²) in [6.45, 7) is 2.66. The molecule has 0 spiro atoms. The van der Waals surface area contributed by atoms with Gasteiger partial charge < -0.3 is 10.1 Å². The molecule has 1 saturated heterocycles. The van der Waals surface area contributed by atoms with E-state index < -0.39 is 0 Å². The average molecular weight is 299 g/mol. The van der Waals surface area contributed by atoms with Crippen molar-refractivity contribution in [3.8, 4) is 0 Å². The Morgan fingerprint density at radius 3 is 2.94 bits per heavy atom. The number of nitrogens with one attached hydrogen (secondary N) is 1. The van der Waals surface area contributed by atoms with Gasteiger partial charge in [-0.3, -0.25) is 4.90 Å². The Bertz CT molecular complexity index is 370. The predicted molar refractivity (Wildman–Crippen MR) is 73.2 cm³/mol. The molecule has 0 saturated carbocycles. The summed E-state index contributed by atoms with van der Waals surface area (Å²) in [5.41, 5.74) is 1.30. The van der Waals surface area contributed by atoms with E-state index in [0.29, 0.717) is 6.04 Å². The number of likely N-dealkylation sites (N-methyl/N-ethyl adjacent to an activating group) is 2. The molecule has 17 heavy (non-hydrogen) atoms. The number of halogens is 1. The van der Waals surface area contributed by atoms with E-state index in [9.17, 15) is 0 Å². The standard InChI is InChI=1S/C13H19BrN2O/c1-15-9-12-13(16(2)7-8-17-12)10-5-3-4-6-11(10)14/h3-6,12-13,15H,7-9H2,1-2H3. The van der Waals surface area contributed by atoms with Crippen molar-refractivity contribution in [1.82, 2.24) is 10.2 Å². The predicted octanol–water partition coefficient (Wildman–Crippen LogP) is 2.04. The Morgan fingerprint density at radius 1 is 1.47 bits per heavy atom. The van der Waals surface area contributed by atoms with Crippen molar-refractivity contribution in [2.45, 2.75) is 12.1 Å². The molecule has 1 aliphatic rings. The third-order valence-electron chi connectivity index (χ3n) is 3.23. The summed E-state index contributed by atoms with van der Waals surface area (Å²) >= 11 is 3.64. The van der Waals surface area contributed by atoms with Gasteiger partial charge in [-0.1, -0.05) is 34.1 Å². The lowest BCUT2D eigenvalue weighted by molar-refractivity contribution is -0.0608. The van der Waals surface area contributed by atoms with Crippen LogP contribution in [0.1, 0.15) is 11.6 Å². The van der Waals surface area contributed by atoms with E-state index in [2.05, 4.69) is 51.4 Å². The third-order valence-corrected chi connectivity index (χ3v) is 3.95. The van der Waals surface area contributed by atoms with Crippen LogP contribution in [0, 0.1) is 0 Å². The number of nitrogens with zero attached hydrogens (tertiary/aromatic N) is 1. The molecule has 0 aromatic heterocycles. The fraction of sp³-hybridized carbons (Fsp3) is 0.538. The first-order chi connectivity index (χ1) is 8.24. The highest BCUT2D eigenvalue weighted by Gasteiger charge is 2.31. The van der Waals surface area contributed by atoms with Crippen LogP contribution in [0.3, 0.4) is 0 Å². The van der Waals surface area contributed by atoms with Gasteiger partial charge in [0.05, 0.1) is 18.8 Å². The fourth-order valence-corrected chi connectivity index (χ4v) is 2.91. The first kappa shape index (κ1) is 13.0.